The molecule has 23 heavy (non-hydrogen) atoms. The van der Waals surface area contributed by atoms with Crippen molar-refractivity contribution in [1.82, 2.24) is 15.5 Å². The minimum atomic E-state index is -0.893. The predicted molar refractivity (Wildman–Crippen MR) is 73.5 cm³/mol. The van der Waals surface area contributed by atoms with Gasteiger partial charge in [-0.25, -0.2) is 8.78 Å². The Balaban J connectivity index is 1.59. The fraction of sp³-hybridized carbons (Fsp3) is 0.286. The van der Waals surface area contributed by atoms with Crippen molar-refractivity contribution in [3.8, 4) is 0 Å². The normalized spacial score (nSPS) is 13.7. The number of carbonyl (C=O) groups excluding carboxylic acids is 2. The molecule has 2 aromatic rings. The molecule has 1 heterocycles. The largest absolute Gasteiger partial charge is 0.345 e. The number of carbonyl (C=O) groups is 2. The van der Waals surface area contributed by atoms with Crippen LogP contribution in [0.25, 0.3) is 0 Å². The maximum atomic E-state index is 13.4. The minimum Gasteiger partial charge on any atom is -0.345 e. The Morgan fingerprint density at radius 3 is 2.78 bits per heavy atom. The number of hydrogen-bond donors (Lipinski definition) is 2. The topological polar surface area (TPSA) is 97.1 Å². The van der Waals surface area contributed by atoms with E-state index in [-0.39, 0.29) is 29.9 Å². The smallest absolute Gasteiger partial charge is 0.315 e. The van der Waals surface area contributed by atoms with E-state index in [0.717, 1.165) is 25.0 Å². The molecule has 2 N–H and O–H groups in total. The highest BCUT2D eigenvalue weighted by Crippen LogP contribution is 2.19. The number of anilines is 1. The number of amides is 2. The second-order valence-electron chi connectivity index (χ2n) is 5.11. The molecule has 3 rings (SSSR count). The quantitative estimate of drug-likeness (QED) is 0.868. The van der Waals surface area contributed by atoms with Gasteiger partial charge in [0, 0.05) is 12.1 Å². The van der Waals surface area contributed by atoms with E-state index >= 15 is 0 Å². The first-order valence-electron chi connectivity index (χ1n) is 6.89. The van der Waals surface area contributed by atoms with Gasteiger partial charge < -0.3 is 15.2 Å². The molecule has 1 aromatic heterocycles. The first-order chi connectivity index (χ1) is 11.0. The van der Waals surface area contributed by atoms with Crippen molar-refractivity contribution in [1.29, 1.82) is 0 Å². The molecule has 9 heteroatoms. The van der Waals surface area contributed by atoms with Gasteiger partial charge in [-0.3, -0.25) is 9.59 Å². The van der Waals surface area contributed by atoms with Crippen LogP contribution in [0.2, 0.25) is 0 Å². The van der Waals surface area contributed by atoms with Gasteiger partial charge in [0.1, 0.15) is 11.6 Å². The lowest BCUT2D eigenvalue weighted by Gasteiger charge is -2.04. The summed E-state index contributed by atoms with van der Waals surface area (Å²) in [5.41, 5.74) is -0.161. The summed E-state index contributed by atoms with van der Waals surface area (Å²) in [7, 11) is 0. The van der Waals surface area contributed by atoms with Crippen LogP contribution in [0, 0.1) is 11.6 Å². The van der Waals surface area contributed by atoms with E-state index in [1.165, 1.54) is 0 Å². The van der Waals surface area contributed by atoms with Gasteiger partial charge in [-0.2, -0.15) is 4.98 Å². The Morgan fingerprint density at radius 1 is 1.30 bits per heavy atom. The van der Waals surface area contributed by atoms with E-state index in [4.69, 9.17) is 4.52 Å². The first kappa shape index (κ1) is 15.1. The number of hydrogen-bond acceptors (Lipinski definition) is 5. The van der Waals surface area contributed by atoms with Crippen molar-refractivity contribution in [3.05, 3.63) is 41.5 Å². The third-order valence-electron chi connectivity index (χ3n) is 3.10. The molecule has 0 atom stereocenters. The van der Waals surface area contributed by atoms with Gasteiger partial charge in [0.25, 0.3) is 0 Å². The molecule has 0 bridgehead atoms. The maximum absolute atomic E-state index is 13.4. The maximum Gasteiger partial charge on any atom is 0.315 e. The Hall–Kier alpha value is -2.84. The highest BCUT2D eigenvalue weighted by molar-refractivity contribution is 5.92. The van der Waals surface area contributed by atoms with Crippen LogP contribution in [0.5, 0.6) is 0 Å². The van der Waals surface area contributed by atoms with Crippen LogP contribution in [-0.4, -0.2) is 28.0 Å². The van der Waals surface area contributed by atoms with Crippen molar-refractivity contribution >= 4 is 17.5 Å². The zero-order valence-electron chi connectivity index (χ0n) is 11.8. The van der Waals surface area contributed by atoms with Crippen molar-refractivity contribution in [2.24, 2.45) is 0 Å². The van der Waals surface area contributed by atoms with Crippen molar-refractivity contribution in [2.75, 3.05) is 5.32 Å². The number of rotatable bonds is 5. The second kappa shape index (κ2) is 6.11. The summed E-state index contributed by atoms with van der Waals surface area (Å²) in [6, 6.07) is 2.92. The Kier molecular flexibility index (Phi) is 4.00. The van der Waals surface area contributed by atoms with Gasteiger partial charge in [-0.15, -0.1) is 0 Å². The summed E-state index contributed by atoms with van der Waals surface area (Å²) in [6.07, 6.45) is 1.52. The van der Waals surface area contributed by atoms with Crippen molar-refractivity contribution in [3.63, 3.8) is 0 Å². The van der Waals surface area contributed by atoms with E-state index in [9.17, 15) is 18.4 Å². The fourth-order valence-corrected chi connectivity index (χ4v) is 1.82. The van der Waals surface area contributed by atoms with Gasteiger partial charge in [-0.05, 0) is 25.0 Å². The lowest BCUT2D eigenvalue weighted by atomic mass is 10.3. The molecule has 0 saturated heterocycles. The van der Waals surface area contributed by atoms with Gasteiger partial charge in [0.05, 0.1) is 12.1 Å². The Labute approximate surface area is 129 Å². The zero-order valence-corrected chi connectivity index (χ0v) is 11.8. The van der Waals surface area contributed by atoms with Gasteiger partial charge in [-0.1, -0.05) is 5.16 Å². The summed E-state index contributed by atoms with van der Waals surface area (Å²) in [5.74, 6) is -2.98. The summed E-state index contributed by atoms with van der Waals surface area (Å²) in [6.45, 7) is 0. The van der Waals surface area contributed by atoms with Gasteiger partial charge in [0.2, 0.25) is 5.91 Å². The average Bonchev–Trinajstić information content (AvgIpc) is 3.18. The molecule has 7 nitrogen and oxygen atoms in total. The predicted octanol–water partition coefficient (Wildman–Crippen LogP) is 1.42. The molecule has 0 radical (unpaired) electrons. The van der Waals surface area contributed by atoms with E-state index in [2.05, 4.69) is 20.8 Å². The van der Waals surface area contributed by atoms with Crippen LogP contribution in [-0.2, 0) is 11.2 Å². The molecule has 0 aliphatic heterocycles. The van der Waals surface area contributed by atoms with Gasteiger partial charge >= 0.3 is 11.8 Å². The zero-order chi connectivity index (χ0) is 16.4. The van der Waals surface area contributed by atoms with E-state index in [0.29, 0.717) is 6.07 Å². The van der Waals surface area contributed by atoms with Crippen LogP contribution in [0.4, 0.5) is 14.5 Å². The molecular formula is C14H12F2N4O3. The molecule has 1 aliphatic carbocycles. The van der Waals surface area contributed by atoms with Crippen molar-refractivity contribution < 1.29 is 22.9 Å². The van der Waals surface area contributed by atoms with Crippen LogP contribution in [0.15, 0.2) is 22.7 Å². The molecule has 2 amide bonds. The number of nitrogens with one attached hydrogen (secondary N) is 2. The number of halogens is 2. The number of nitrogens with zero attached hydrogens (tertiary/aromatic N) is 2. The number of benzene rings is 1. The van der Waals surface area contributed by atoms with E-state index < -0.39 is 23.4 Å². The fourth-order valence-electron chi connectivity index (χ4n) is 1.82. The lowest BCUT2D eigenvalue weighted by Crippen LogP contribution is -2.25. The molecule has 0 spiro atoms. The van der Waals surface area contributed by atoms with E-state index in [1.54, 1.807) is 0 Å². The van der Waals surface area contributed by atoms with Gasteiger partial charge in [0.15, 0.2) is 5.82 Å². The Morgan fingerprint density at radius 2 is 2.09 bits per heavy atom. The first-order valence-corrected chi connectivity index (χ1v) is 6.89. The summed E-state index contributed by atoms with van der Waals surface area (Å²) >= 11 is 0. The average molecular weight is 322 g/mol. The second-order valence-corrected chi connectivity index (χ2v) is 5.11. The Bertz CT molecular complexity index is 758. The highest BCUT2D eigenvalue weighted by Gasteiger charge is 2.26. The molecular weight excluding hydrogens is 310 g/mol. The van der Waals surface area contributed by atoms with Crippen LogP contribution in [0.1, 0.15) is 29.4 Å². The highest BCUT2D eigenvalue weighted by atomic mass is 19.1. The van der Waals surface area contributed by atoms with Crippen LogP contribution >= 0.6 is 0 Å². The minimum absolute atomic E-state index is 0.00836. The summed E-state index contributed by atoms with van der Waals surface area (Å²) in [5, 5.41) is 8.45. The summed E-state index contributed by atoms with van der Waals surface area (Å²) in [4.78, 5) is 27.3. The third kappa shape index (κ3) is 3.87. The molecule has 1 aromatic carbocycles. The van der Waals surface area contributed by atoms with E-state index in [1.807, 2.05) is 0 Å². The SMILES string of the molecule is O=C(Cc1noc(C(=O)NC2CC2)n1)Nc1ccc(F)cc1F. The molecule has 1 aliphatic rings. The summed E-state index contributed by atoms with van der Waals surface area (Å²) < 4.78 is 31.0. The third-order valence-corrected chi connectivity index (χ3v) is 3.10. The molecule has 120 valence electrons. The molecule has 0 unspecified atom stereocenters. The number of aromatic nitrogens is 2. The van der Waals surface area contributed by atoms with Crippen LogP contribution < -0.4 is 10.6 Å². The van der Waals surface area contributed by atoms with Crippen molar-refractivity contribution in [2.45, 2.75) is 25.3 Å². The van der Waals surface area contributed by atoms with Crippen LogP contribution in [0.3, 0.4) is 0 Å². The standard InChI is InChI=1S/C14H12F2N4O3/c15-7-1-4-10(9(16)5-7)18-12(21)6-11-19-14(23-20-11)13(22)17-8-2-3-8/h1,4-5,8H,2-3,6H2,(H,17,22)(H,18,21). The lowest BCUT2D eigenvalue weighted by molar-refractivity contribution is -0.115. The molecule has 1 fully saturated rings. The molecule has 1 saturated carbocycles. The monoisotopic (exact) mass is 322 g/mol.